The molecular weight excluding hydrogens is 390 g/mol. The lowest BCUT2D eigenvalue weighted by Gasteiger charge is -2.44. The first-order valence-electron chi connectivity index (χ1n) is 11.2. The van der Waals surface area contributed by atoms with Crippen LogP contribution in [0.25, 0.3) is 0 Å². The van der Waals surface area contributed by atoms with E-state index in [-0.39, 0.29) is 5.91 Å². The minimum absolute atomic E-state index is 0.316. The van der Waals surface area contributed by atoms with Gasteiger partial charge in [0.05, 0.1) is 0 Å². The summed E-state index contributed by atoms with van der Waals surface area (Å²) in [7, 11) is -0.480. The van der Waals surface area contributed by atoms with Crippen molar-refractivity contribution in [2.75, 3.05) is 39.4 Å². The summed E-state index contributed by atoms with van der Waals surface area (Å²) in [5, 5.41) is 9.26. The average Bonchev–Trinajstić information content (AvgIpc) is 3.31. The molecule has 3 rings (SSSR count). The summed E-state index contributed by atoms with van der Waals surface area (Å²) in [4.78, 5) is 26.6. The molecule has 0 radical (unpaired) electrons. The molecule has 2 amide bonds. The lowest BCUT2D eigenvalue weighted by atomic mass is 9.92. The van der Waals surface area contributed by atoms with E-state index in [2.05, 4.69) is 10.2 Å². The van der Waals surface area contributed by atoms with Crippen molar-refractivity contribution in [3.8, 4) is 0 Å². The summed E-state index contributed by atoms with van der Waals surface area (Å²) in [6.45, 7) is 4.88. The van der Waals surface area contributed by atoms with Gasteiger partial charge in [-0.2, -0.15) is 0 Å². The molecule has 7 nitrogen and oxygen atoms in total. The Hall–Kier alpha value is -0.960. The molecule has 0 aliphatic carbocycles. The molecule has 3 heterocycles. The number of rotatable bonds is 8. The molecule has 0 bridgehead atoms. The maximum absolute atomic E-state index is 12.5. The Morgan fingerprint density at radius 3 is 2.38 bits per heavy atom. The molecule has 3 fully saturated rings. The second-order valence-electron chi connectivity index (χ2n) is 8.62. The lowest BCUT2D eigenvalue weighted by Crippen LogP contribution is -2.51. The molecule has 3 saturated heterocycles. The minimum Gasteiger partial charge on any atom is -0.381 e. The molecule has 3 aliphatic rings. The van der Waals surface area contributed by atoms with Crippen LogP contribution in [0, 0.1) is 5.92 Å². The van der Waals surface area contributed by atoms with Crippen LogP contribution in [-0.4, -0.2) is 76.2 Å². The van der Waals surface area contributed by atoms with E-state index in [4.69, 9.17) is 4.74 Å². The van der Waals surface area contributed by atoms with Crippen LogP contribution in [0.5, 0.6) is 0 Å². The highest BCUT2D eigenvalue weighted by Gasteiger charge is 2.44. The highest BCUT2D eigenvalue weighted by Crippen LogP contribution is 2.44. The predicted molar refractivity (Wildman–Crippen MR) is 116 cm³/mol. The predicted octanol–water partition coefficient (Wildman–Crippen LogP) is 2.55. The number of piperidine rings is 1. The van der Waals surface area contributed by atoms with Crippen LogP contribution in [0.3, 0.4) is 0 Å². The number of hydroxylamine groups is 1. The van der Waals surface area contributed by atoms with Crippen molar-refractivity contribution in [3.05, 3.63) is 0 Å². The second-order valence-corrected chi connectivity index (χ2v) is 10.6. The third-order valence-electron chi connectivity index (χ3n) is 6.86. The highest BCUT2D eigenvalue weighted by atomic mass is 32.2. The van der Waals surface area contributed by atoms with Crippen molar-refractivity contribution in [1.82, 2.24) is 14.7 Å². The van der Waals surface area contributed by atoms with Gasteiger partial charge in [0.25, 0.3) is 5.91 Å². The standard InChI is InChI=1S/C21H37N3O4S/c1-29(21(20(26)22-27)10-16-28-17-11-21)24-14-8-18(9-15-24)6-2-3-7-19(25)23-12-4-5-13-23/h18,27H,1-17H2,(H,22,26). The summed E-state index contributed by atoms with van der Waals surface area (Å²) < 4.78 is 7.15. The van der Waals surface area contributed by atoms with E-state index in [9.17, 15) is 14.8 Å². The Morgan fingerprint density at radius 1 is 1.10 bits per heavy atom. The molecule has 0 aromatic carbocycles. The first-order chi connectivity index (χ1) is 14.1. The van der Waals surface area contributed by atoms with E-state index in [1.165, 1.54) is 6.42 Å². The van der Waals surface area contributed by atoms with Crippen LogP contribution < -0.4 is 5.48 Å². The van der Waals surface area contributed by atoms with Crippen molar-refractivity contribution in [3.63, 3.8) is 0 Å². The van der Waals surface area contributed by atoms with Gasteiger partial charge in [-0.1, -0.05) is 18.7 Å². The lowest BCUT2D eigenvalue weighted by molar-refractivity contribution is -0.134. The molecule has 8 heteroatoms. The quantitative estimate of drug-likeness (QED) is 0.269. The van der Waals surface area contributed by atoms with Crippen molar-refractivity contribution in [2.45, 2.75) is 69.0 Å². The molecule has 3 aliphatic heterocycles. The molecule has 1 atom stereocenters. The second kappa shape index (κ2) is 10.9. The first-order valence-corrected chi connectivity index (χ1v) is 12.5. The third kappa shape index (κ3) is 5.60. The van der Waals surface area contributed by atoms with E-state index in [0.29, 0.717) is 44.3 Å². The molecule has 0 aromatic rings. The molecule has 2 N–H and O–H groups in total. The van der Waals surface area contributed by atoms with Gasteiger partial charge in [0.1, 0.15) is 4.75 Å². The number of carbonyl (C=O) groups excluding carboxylic acids is 2. The summed E-state index contributed by atoms with van der Waals surface area (Å²) in [6.07, 6.45) is 9.76. The molecule has 0 spiro atoms. The van der Waals surface area contributed by atoms with Crippen LogP contribution >= 0.6 is 10.7 Å². The van der Waals surface area contributed by atoms with Crippen LogP contribution in [0.2, 0.25) is 0 Å². The van der Waals surface area contributed by atoms with Gasteiger partial charge in [0.15, 0.2) is 0 Å². The number of amides is 2. The smallest absolute Gasteiger partial charge is 0.260 e. The highest BCUT2D eigenvalue weighted by molar-refractivity contribution is 8.13. The van der Waals surface area contributed by atoms with Crippen molar-refractivity contribution < 1.29 is 19.5 Å². The molecule has 166 valence electrons. The maximum atomic E-state index is 12.5. The molecule has 0 aromatic heterocycles. The van der Waals surface area contributed by atoms with Gasteiger partial charge in [-0.05, 0) is 50.9 Å². The largest absolute Gasteiger partial charge is 0.381 e. The Bertz CT molecular complexity index is 580. The number of likely N-dealkylation sites (tertiary alicyclic amines) is 1. The molecule has 1 unspecified atom stereocenters. The third-order valence-corrected chi connectivity index (χ3v) is 9.35. The fourth-order valence-electron chi connectivity index (χ4n) is 4.87. The minimum atomic E-state index is -0.643. The number of unbranched alkanes of at least 4 members (excludes halogenated alkanes) is 1. The van der Waals surface area contributed by atoms with Crippen molar-refractivity contribution in [1.29, 1.82) is 0 Å². The normalized spacial score (nSPS) is 24.4. The zero-order valence-corrected chi connectivity index (χ0v) is 18.4. The monoisotopic (exact) mass is 427 g/mol. The van der Waals surface area contributed by atoms with E-state index in [0.717, 1.165) is 64.7 Å². The maximum Gasteiger partial charge on any atom is 0.260 e. The average molecular weight is 428 g/mol. The molecule has 0 saturated carbocycles. The van der Waals surface area contributed by atoms with Crippen molar-refractivity contribution in [2.24, 2.45) is 5.92 Å². The SMILES string of the molecule is C=S(N1CCC(CCCCC(=O)N2CCCC2)CC1)C1(C(=O)NO)CCOCC1. The number of nitrogens with one attached hydrogen (secondary N) is 1. The number of nitrogens with zero attached hydrogens (tertiary/aromatic N) is 2. The van der Waals surface area contributed by atoms with E-state index in [1.807, 2.05) is 10.4 Å². The van der Waals surface area contributed by atoms with Gasteiger partial charge < -0.3 is 9.64 Å². The Morgan fingerprint density at radius 2 is 1.76 bits per heavy atom. The summed E-state index contributed by atoms with van der Waals surface area (Å²) in [6, 6.07) is 0. The number of hydrogen-bond acceptors (Lipinski definition) is 5. The Labute approximate surface area is 177 Å². The zero-order chi connectivity index (χ0) is 20.7. The Balaban J connectivity index is 1.39. The van der Waals surface area contributed by atoms with Gasteiger partial charge in [-0.15, -0.1) is 10.7 Å². The Kier molecular flexibility index (Phi) is 8.53. The van der Waals surface area contributed by atoms with Crippen LogP contribution in [0.4, 0.5) is 0 Å². The van der Waals surface area contributed by atoms with Gasteiger partial charge in [0.2, 0.25) is 5.91 Å². The van der Waals surface area contributed by atoms with Crippen LogP contribution in [0.1, 0.15) is 64.2 Å². The van der Waals surface area contributed by atoms with E-state index >= 15 is 0 Å². The number of ether oxygens (including phenoxy) is 1. The fourth-order valence-corrected chi connectivity index (χ4v) is 6.92. The van der Waals surface area contributed by atoms with E-state index < -0.39 is 15.4 Å². The van der Waals surface area contributed by atoms with Gasteiger partial charge in [-0.3, -0.25) is 19.1 Å². The van der Waals surface area contributed by atoms with Crippen LogP contribution in [0.15, 0.2) is 0 Å². The summed E-state index contributed by atoms with van der Waals surface area (Å²) >= 11 is 0. The summed E-state index contributed by atoms with van der Waals surface area (Å²) in [5.74, 6) is 5.08. The zero-order valence-electron chi connectivity index (χ0n) is 17.6. The topological polar surface area (TPSA) is 82.1 Å². The van der Waals surface area contributed by atoms with Gasteiger partial charge in [0, 0.05) is 45.8 Å². The van der Waals surface area contributed by atoms with Gasteiger partial charge in [-0.25, -0.2) is 5.48 Å². The number of hydrogen-bond donors (Lipinski definition) is 2. The van der Waals surface area contributed by atoms with Crippen molar-refractivity contribution >= 4 is 28.4 Å². The summed E-state index contributed by atoms with van der Waals surface area (Å²) in [5.41, 5.74) is 1.88. The molecular formula is C21H37N3O4S. The van der Waals surface area contributed by atoms with Gasteiger partial charge >= 0.3 is 0 Å². The van der Waals surface area contributed by atoms with E-state index in [1.54, 1.807) is 0 Å². The first kappa shape index (κ1) is 22.7. The number of carbonyl (C=O) groups is 2. The van der Waals surface area contributed by atoms with Crippen LogP contribution in [-0.2, 0) is 14.3 Å². The molecule has 29 heavy (non-hydrogen) atoms. The fraction of sp³-hybridized carbons (Fsp3) is 0.857.